The third kappa shape index (κ3) is 6.90. The lowest BCUT2D eigenvalue weighted by Crippen LogP contribution is -2.34. The Labute approximate surface area is 126 Å². The van der Waals surface area contributed by atoms with Crippen LogP contribution in [-0.4, -0.2) is 24.4 Å². The maximum atomic E-state index is 12.0. The Bertz CT molecular complexity index is 469. The second kappa shape index (κ2) is 8.42. The standard InChI is InChI=1S/C16H25N3O2/c1-11-4-6-14(7-5-11)15(19-13(3)20)10-16(21)18-9-8-12(2)17/h4-7,12,15H,8-10,17H2,1-3H3,(H,18,21)(H,19,20). The molecule has 0 bridgehead atoms. The van der Waals surface area contributed by atoms with Gasteiger partial charge in [0.2, 0.25) is 11.8 Å². The van der Waals surface area contributed by atoms with Gasteiger partial charge in [-0.2, -0.15) is 0 Å². The molecule has 2 unspecified atom stereocenters. The van der Waals surface area contributed by atoms with Crippen LogP contribution in [0.15, 0.2) is 24.3 Å². The number of benzene rings is 1. The van der Waals surface area contributed by atoms with Crippen LogP contribution < -0.4 is 16.4 Å². The number of nitrogens with one attached hydrogen (secondary N) is 2. The summed E-state index contributed by atoms with van der Waals surface area (Å²) in [6.07, 6.45) is 0.961. The summed E-state index contributed by atoms with van der Waals surface area (Å²) in [5.74, 6) is -0.237. The zero-order chi connectivity index (χ0) is 15.8. The summed E-state index contributed by atoms with van der Waals surface area (Å²) in [4.78, 5) is 23.3. The highest BCUT2D eigenvalue weighted by atomic mass is 16.2. The van der Waals surface area contributed by atoms with Gasteiger partial charge in [0.25, 0.3) is 0 Å². The topological polar surface area (TPSA) is 84.2 Å². The van der Waals surface area contributed by atoms with E-state index in [1.807, 2.05) is 38.1 Å². The molecule has 0 aliphatic heterocycles. The average molecular weight is 291 g/mol. The Morgan fingerprint density at radius 2 is 1.86 bits per heavy atom. The van der Waals surface area contributed by atoms with Crippen LogP contribution in [0.3, 0.4) is 0 Å². The predicted molar refractivity (Wildman–Crippen MR) is 83.6 cm³/mol. The molecule has 0 spiro atoms. The smallest absolute Gasteiger partial charge is 0.222 e. The summed E-state index contributed by atoms with van der Waals surface area (Å²) in [5, 5.41) is 5.65. The van der Waals surface area contributed by atoms with Crippen LogP contribution in [0.2, 0.25) is 0 Å². The van der Waals surface area contributed by atoms with Gasteiger partial charge in [-0.25, -0.2) is 0 Å². The fourth-order valence-corrected chi connectivity index (χ4v) is 1.99. The molecule has 0 aliphatic carbocycles. The van der Waals surface area contributed by atoms with Crippen LogP contribution in [0.25, 0.3) is 0 Å². The predicted octanol–water partition coefficient (Wildman–Crippen LogP) is 1.42. The van der Waals surface area contributed by atoms with Gasteiger partial charge < -0.3 is 16.4 Å². The fraction of sp³-hybridized carbons (Fsp3) is 0.500. The summed E-state index contributed by atoms with van der Waals surface area (Å²) in [5.41, 5.74) is 7.71. The SMILES string of the molecule is CC(=O)NC(CC(=O)NCCC(C)N)c1ccc(C)cc1. The first-order valence-electron chi connectivity index (χ1n) is 7.24. The van der Waals surface area contributed by atoms with Crippen molar-refractivity contribution in [1.29, 1.82) is 0 Å². The molecule has 0 heterocycles. The molecule has 0 fully saturated rings. The molecule has 2 atom stereocenters. The normalized spacial score (nSPS) is 13.3. The molecule has 116 valence electrons. The van der Waals surface area contributed by atoms with E-state index in [1.54, 1.807) is 0 Å². The van der Waals surface area contributed by atoms with Crippen molar-refractivity contribution in [3.63, 3.8) is 0 Å². The van der Waals surface area contributed by atoms with Gasteiger partial charge in [-0.05, 0) is 25.8 Å². The summed E-state index contributed by atoms with van der Waals surface area (Å²) >= 11 is 0. The van der Waals surface area contributed by atoms with Gasteiger partial charge in [0.05, 0.1) is 12.5 Å². The number of nitrogens with two attached hydrogens (primary N) is 1. The van der Waals surface area contributed by atoms with Gasteiger partial charge in [-0.15, -0.1) is 0 Å². The minimum absolute atomic E-state index is 0.0635. The van der Waals surface area contributed by atoms with Crippen molar-refractivity contribution in [3.8, 4) is 0 Å². The molecule has 4 N–H and O–H groups in total. The van der Waals surface area contributed by atoms with E-state index in [1.165, 1.54) is 6.92 Å². The van der Waals surface area contributed by atoms with E-state index in [9.17, 15) is 9.59 Å². The fourth-order valence-electron chi connectivity index (χ4n) is 1.99. The van der Waals surface area contributed by atoms with Crippen molar-refractivity contribution in [3.05, 3.63) is 35.4 Å². The summed E-state index contributed by atoms with van der Waals surface area (Å²) < 4.78 is 0. The number of carbonyl (C=O) groups is 2. The highest BCUT2D eigenvalue weighted by Gasteiger charge is 2.16. The average Bonchev–Trinajstić information content (AvgIpc) is 2.37. The molecule has 0 saturated heterocycles. The Balaban J connectivity index is 2.63. The first-order valence-corrected chi connectivity index (χ1v) is 7.24. The van der Waals surface area contributed by atoms with Crippen molar-refractivity contribution in [2.75, 3.05) is 6.54 Å². The van der Waals surface area contributed by atoms with Crippen LogP contribution in [-0.2, 0) is 9.59 Å². The van der Waals surface area contributed by atoms with Gasteiger partial charge in [0.1, 0.15) is 0 Å². The van der Waals surface area contributed by atoms with Crippen molar-refractivity contribution in [1.82, 2.24) is 10.6 Å². The third-order valence-corrected chi connectivity index (χ3v) is 3.17. The molecular formula is C16H25N3O2. The molecule has 1 aromatic rings. The van der Waals surface area contributed by atoms with E-state index >= 15 is 0 Å². The zero-order valence-electron chi connectivity index (χ0n) is 13.0. The lowest BCUT2D eigenvalue weighted by atomic mass is 10.0. The van der Waals surface area contributed by atoms with Crippen molar-refractivity contribution in [2.24, 2.45) is 5.73 Å². The van der Waals surface area contributed by atoms with Gasteiger partial charge >= 0.3 is 0 Å². The summed E-state index contributed by atoms with van der Waals surface area (Å²) in [6, 6.07) is 7.57. The molecule has 1 rings (SSSR count). The van der Waals surface area contributed by atoms with Gasteiger partial charge in [0, 0.05) is 19.5 Å². The Hall–Kier alpha value is -1.88. The molecule has 1 aromatic carbocycles. The van der Waals surface area contributed by atoms with E-state index in [0.29, 0.717) is 6.54 Å². The van der Waals surface area contributed by atoms with Crippen LogP contribution in [0.5, 0.6) is 0 Å². The molecule has 0 radical (unpaired) electrons. The number of amides is 2. The first-order chi connectivity index (χ1) is 9.88. The van der Waals surface area contributed by atoms with E-state index in [-0.39, 0.29) is 30.3 Å². The number of rotatable bonds is 7. The van der Waals surface area contributed by atoms with Gasteiger partial charge in [-0.1, -0.05) is 29.8 Å². The number of aryl methyl sites for hydroxylation is 1. The number of hydrogen-bond acceptors (Lipinski definition) is 3. The Kier molecular flexibility index (Phi) is 6.88. The molecule has 5 nitrogen and oxygen atoms in total. The largest absolute Gasteiger partial charge is 0.356 e. The second-order valence-corrected chi connectivity index (χ2v) is 5.48. The van der Waals surface area contributed by atoms with Crippen LogP contribution >= 0.6 is 0 Å². The zero-order valence-corrected chi connectivity index (χ0v) is 13.0. The van der Waals surface area contributed by atoms with Gasteiger partial charge in [-0.3, -0.25) is 9.59 Å². The molecule has 5 heteroatoms. The minimum atomic E-state index is -0.307. The summed E-state index contributed by atoms with van der Waals surface area (Å²) in [7, 11) is 0. The Morgan fingerprint density at radius 3 is 2.38 bits per heavy atom. The molecule has 2 amide bonds. The lowest BCUT2D eigenvalue weighted by Gasteiger charge is -2.18. The van der Waals surface area contributed by atoms with Crippen LogP contribution in [0, 0.1) is 6.92 Å². The van der Waals surface area contributed by atoms with E-state index in [0.717, 1.165) is 17.5 Å². The second-order valence-electron chi connectivity index (χ2n) is 5.48. The van der Waals surface area contributed by atoms with Crippen LogP contribution in [0.1, 0.15) is 43.9 Å². The number of hydrogen-bond donors (Lipinski definition) is 3. The molecule has 0 aromatic heterocycles. The molecule has 0 saturated carbocycles. The Morgan fingerprint density at radius 1 is 1.24 bits per heavy atom. The monoisotopic (exact) mass is 291 g/mol. The first kappa shape index (κ1) is 17.2. The maximum absolute atomic E-state index is 12.0. The molecule has 21 heavy (non-hydrogen) atoms. The lowest BCUT2D eigenvalue weighted by molar-refractivity contribution is -0.122. The molecule has 0 aliphatic rings. The molecular weight excluding hydrogens is 266 g/mol. The highest BCUT2D eigenvalue weighted by Crippen LogP contribution is 2.17. The van der Waals surface area contributed by atoms with Gasteiger partial charge in [0.15, 0.2) is 0 Å². The van der Waals surface area contributed by atoms with Crippen molar-refractivity contribution < 1.29 is 9.59 Å². The maximum Gasteiger partial charge on any atom is 0.222 e. The van der Waals surface area contributed by atoms with Crippen LogP contribution in [0.4, 0.5) is 0 Å². The highest BCUT2D eigenvalue weighted by molar-refractivity contribution is 5.79. The summed E-state index contributed by atoms with van der Waals surface area (Å²) in [6.45, 7) is 5.91. The quantitative estimate of drug-likeness (QED) is 0.710. The third-order valence-electron chi connectivity index (χ3n) is 3.17. The van der Waals surface area contributed by atoms with Crippen molar-refractivity contribution >= 4 is 11.8 Å². The number of carbonyl (C=O) groups excluding carboxylic acids is 2. The van der Waals surface area contributed by atoms with E-state index in [2.05, 4.69) is 10.6 Å². The van der Waals surface area contributed by atoms with E-state index in [4.69, 9.17) is 5.73 Å². The van der Waals surface area contributed by atoms with Crippen molar-refractivity contribution in [2.45, 2.75) is 45.7 Å². The van der Waals surface area contributed by atoms with E-state index < -0.39 is 0 Å². The minimum Gasteiger partial charge on any atom is -0.356 e.